The maximum atomic E-state index is 11.0. The van der Waals surface area contributed by atoms with E-state index >= 15 is 0 Å². The first-order valence-corrected chi connectivity index (χ1v) is 5.67. The van der Waals surface area contributed by atoms with Gasteiger partial charge in [0.15, 0.2) is 0 Å². The fourth-order valence-electron chi connectivity index (χ4n) is 0.765. The molecular formula is C8H15NO2S. The normalized spacial score (nSPS) is 13.8. The van der Waals surface area contributed by atoms with E-state index in [4.69, 9.17) is 6.42 Å². The number of sulfonamides is 1. The average Bonchev–Trinajstić information content (AvgIpc) is 2.03. The standard InChI is InChI=1S/C8H15NO2S/c1-4-7-8(5-2)9-12(10,11)6-3/h2,8-9H,4,6-7H2,1,3H3. The summed E-state index contributed by atoms with van der Waals surface area (Å²) in [7, 11) is -3.15. The van der Waals surface area contributed by atoms with Crippen molar-refractivity contribution < 1.29 is 8.42 Å². The van der Waals surface area contributed by atoms with Gasteiger partial charge in [-0.3, -0.25) is 0 Å². The molecule has 0 fully saturated rings. The van der Waals surface area contributed by atoms with Crippen molar-refractivity contribution >= 4 is 10.0 Å². The molecule has 3 nitrogen and oxygen atoms in total. The lowest BCUT2D eigenvalue weighted by Gasteiger charge is -2.10. The van der Waals surface area contributed by atoms with Gasteiger partial charge in [0, 0.05) is 0 Å². The molecule has 4 heteroatoms. The third-order valence-electron chi connectivity index (χ3n) is 1.48. The van der Waals surface area contributed by atoms with Crippen molar-refractivity contribution in [3.8, 4) is 12.3 Å². The molecule has 0 spiro atoms. The molecule has 0 aliphatic rings. The lowest BCUT2D eigenvalue weighted by molar-refractivity contribution is 0.565. The van der Waals surface area contributed by atoms with Gasteiger partial charge in [-0.1, -0.05) is 19.3 Å². The van der Waals surface area contributed by atoms with Crippen molar-refractivity contribution in [3.63, 3.8) is 0 Å². The number of terminal acetylenes is 1. The Morgan fingerprint density at radius 1 is 1.50 bits per heavy atom. The van der Waals surface area contributed by atoms with E-state index in [0.29, 0.717) is 6.42 Å². The second-order valence-corrected chi connectivity index (χ2v) is 4.57. The minimum Gasteiger partial charge on any atom is -0.212 e. The second-order valence-electron chi connectivity index (χ2n) is 2.53. The summed E-state index contributed by atoms with van der Waals surface area (Å²) in [5.74, 6) is 2.48. The molecule has 1 atom stereocenters. The van der Waals surface area contributed by atoms with Crippen LogP contribution in [0.5, 0.6) is 0 Å². The first-order valence-electron chi connectivity index (χ1n) is 4.01. The fraction of sp³-hybridized carbons (Fsp3) is 0.750. The van der Waals surface area contributed by atoms with Crippen LogP contribution in [0.4, 0.5) is 0 Å². The van der Waals surface area contributed by atoms with Gasteiger partial charge >= 0.3 is 0 Å². The molecule has 0 aromatic rings. The van der Waals surface area contributed by atoms with Crippen molar-refractivity contribution in [1.82, 2.24) is 4.72 Å². The second kappa shape index (κ2) is 5.18. The Hall–Kier alpha value is -0.530. The SMILES string of the molecule is C#CC(CCC)NS(=O)(=O)CC. The molecule has 0 bridgehead atoms. The van der Waals surface area contributed by atoms with Crippen LogP contribution in [0.15, 0.2) is 0 Å². The molecule has 0 aromatic heterocycles. The van der Waals surface area contributed by atoms with Gasteiger partial charge in [0.25, 0.3) is 0 Å². The topological polar surface area (TPSA) is 46.2 Å². The zero-order valence-electron chi connectivity index (χ0n) is 7.50. The minimum atomic E-state index is -3.15. The number of hydrogen-bond acceptors (Lipinski definition) is 2. The summed E-state index contributed by atoms with van der Waals surface area (Å²) in [5.41, 5.74) is 0. The maximum Gasteiger partial charge on any atom is 0.212 e. The van der Waals surface area contributed by atoms with Gasteiger partial charge in [-0.25, -0.2) is 13.1 Å². The molecular weight excluding hydrogens is 174 g/mol. The molecule has 0 amide bonds. The molecule has 0 saturated heterocycles. The Morgan fingerprint density at radius 2 is 2.08 bits per heavy atom. The third-order valence-corrected chi connectivity index (χ3v) is 2.88. The summed E-state index contributed by atoms with van der Waals surface area (Å²) >= 11 is 0. The van der Waals surface area contributed by atoms with Gasteiger partial charge in [-0.2, -0.15) is 0 Å². The fourth-order valence-corrected chi connectivity index (χ4v) is 1.55. The Bertz CT molecular complexity index is 251. The van der Waals surface area contributed by atoms with Crippen molar-refractivity contribution in [1.29, 1.82) is 0 Å². The van der Waals surface area contributed by atoms with Crippen LogP contribution in [0.2, 0.25) is 0 Å². The first-order chi connectivity index (χ1) is 5.55. The van der Waals surface area contributed by atoms with Crippen molar-refractivity contribution in [2.45, 2.75) is 32.7 Å². The van der Waals surface area contributed by atoms with Gasteiger partial charge in [-0.05, 0) is 13.3 Å². The van der Waals surface area contributed by atoms with Crippen LogP contribution in [0.25, 0.3) is 0 Å². The summed E-state index contributed by atoms with van der Waals surface area (Å²) in [6.07, 6.45) is 6.71. The molecule has 1 unspecified atom stereocenters. The molecule has 0 aromatic carbocycles. The van der Waals surface area contributed by atoms with E-state index in [1.54, 1.807) is 6.92 Å². The van der Waals surface area contributed by atoms with Crippen LogP contribution in [-0.4, -0.2) is 20.2 Å². The maximum absolute atomic E-state index is 11.0. The molecule has 0 radical (unpaired) electrons. The smallest absolute Gasteiger partial charge is 0.212 e. The highest BCUT2D eigenvalue weighted by Gasteiger charge is 2.12. The number of nitrogens with one attached hydrogen (secondary N) is 1. The van der Waals surface area contributed by atoms with E-state index in [-0.39, 0.29) is 11.8 Å². The van der Waals surface area contributed by atoms with E-state index in [1.165, 1.54) is 0 Å². The molecule has 12 heavy (non-hydrogen) atoms. The molecule has 70 valence electrons. The lowest BCUT2D eigenvalue weighted by atomic mass is 10.2. The van der Waals surface area contributed by atoms with Gasteiger partial charge < -0.3 is 0 Å². The zero-order chi connectivity index (χ0) is 9.61. The summed E-state index contributed by atoms with van der Waals surface area (Å²) in [4.78, 5) is 0. The summed E-state index contributed by atoms with van der Waals surface area (Å²) in [6.45, 7) is 3.55. The predicted molar refractivity (Wildman–Crippen MR) is 50.1 cm³/mol. The van der Waals surface area contributed by atoms with Crippen LogP contribution >= 0.6 is 0 Å². The Balaban J connectivity index is 4.14. The van der Waals surface area contributed by atoms with E-state index in [2.05, 4.69) is 10.6 Å². The van der Waals surface area contributed by atoms with Crippen LogP contribution < -0.4 is 4.72 Å². The summed E-state index contributed by atoms with van der Waals surface area (Å²) in [6, 6.07) is -0.347. The third kappa shape index (κ3) is 4.37. The highest BCUT2D eigenvalue weighted by Crippen LogP contribution is 1.97. The van der Waals surface area contributed by atoms with Gasteiger partial charge in [0.1, 0.15) is 0 Å². The van der Waals surface area contributed by atoms with Crippen molar-refractivity contribution in [2.24, 2.45) is 0 Å². The van der Waals surface area contributed by atoms with E-state index < -0.39 is 10.0 Å². The molecule has 0 aliphatic carbocycles. The molecule has 1 N–H and O–H groups in total. The van der Waals surface area contributed by atoms with Crippen LogP contribution in [0.3, 0.4) is 0 Å². The van der Waals surface area contributed by atoms with E-state index in [1.807, 2.05) is 6.92 Å². The minimum absolute atomic E-state index is 0.0783. The monoisotopic (exact) mass is 189 g/mol. The lowest BCUT2D eigenvalue weighted by Crippen LogP contribution is -2.34. The van der Waals surface area contributed by atoms with Crippen LogP contribution in [0.1, 0.15) is 26.7 Å². The Kier molecular flexibility index (Phi) is 4.95. The van der Waals surface area contributed by atoms with Gasteiger partial charge in [-0.15, -0.1) is 6.42 Å². The molecule has 0 aliphatic heterocycles. The van der Waals surface area contributed by atoms with Crippen molar-refractivity contribution in [2.75, 3.05) is 5.75 Å². The van der Waals surface area contributed by atoms with Crippen LogP contribution in [-0.2, 0) is 10.0 Å². The van der Waals surface area contributed by atoms with E-state index in [9.17, 15) is 8.42 Å². The predicted octanol–water partition coefficient (Wildman–Crippen LogP) is 0.728. The van der Waals surface area contributed by atoms with Crippen molar-refractivity contribution in [3.05, 3.63) is 0 Å². The number of hydrogen-bond donors (Lipinski definition) is 1. The molecule has 0 heterocycles. The van der Waals surface area contributed by atoms with Crippen LogP contribution in [0, 0.1) is 12.3 Å². The summed E-state index contributed by atoms with van der Waals surface area (Å²) < 4.78 is 24.5. The highest BCUT2D eigenvalue weighted by atomic mass is 32.2. The first kappa shape index (κ1) is 11.5. The average molecular weight is 189 g/mol. The summed E-state index contributed by atoms with van der Waals surface area (Å²) in [5, 5.41) is 0. The Morgan fingerprint density at radius 3 is 2.42 bits per heavy atom. The quantitative estimate of drug-likeness (QED) is 0.648. The zero-order valence-corrected chi connectivity index (χ0v) is 8.32. The largest absolute Gasteiger partial charge is 0.212 e. The molecule has 0 saturated carbocycles. The van der Waals surface area contributed by atoms with Gasteiger partial charge in [0.2, 0.25) is 10.0 Å². The Labute approximate surface area is 74.6 Å². The number of rotatable bonds is 5. The highest BCUT2D eigenvalue weighted by molar-refractivity contribution is 7.89. The molecule has 0 rings (SSSR count). The van der Waals surface area contributed by atoms with E-state index in [0.717, 1.165) is 6.42 Å². The van der Waals surface area contributed by atoms with Gasteiger partial charge in [0.05, 0.1) is 11.8 Å².